The number of aromatic nitrogens is 3. The first-order valence-electron chi connectivity index (χ1n) is 6.69. The minimum Gasteiger partial charge on any atom is -0.308 e. The highest BCUT2D eigenvalue weighted by Gasteiger charge is 2.07. The molecule has 0 radical (unpaired) electrons. The molecule has 0 bridgehead atoms. The third-order valence-corrected chi connectivity index (χ3v) is 2.84. The zero-order valence-electron chi connectivity index (χ0n) is 11.6. The van der Waals surface area contributed by atoms with Crippen molar-refractivity contribution in [2.24, 2.45) is 0 Å². The number of nitrogens with zero attached hydrogens (tertiary/aromatic N) is 3. The number of pyridine rings is 1. The van der Waals surface area contributed by atoms with Crippen LogP contribution in [0.25, 0.3) is 11.4 Å². The lowest BCUT2D eigenvalue weighted by atomic mass is 10.3. The first kappa shape index (κ1) is 13.7. The largest absolute Gasteiger partial charge is 0.326 e. The number of rotatable bonds is 3. The van der Waals surface area contributed by atoms with Crippen LogP contribution in [0.15, 0.2) is 67.0 Å². The number of nitrogens with one attached hydrogen (secondary N) is 2. The lowest BCUT2D eigenvalue weighted by molar-refractivity contribution is 0.262. The molecule has 0 fully saturated rings. The standard InChI is InChI=1S/C16H13N5O/c22-16(19-12-6-2-1-3-7-12)21-15-18-11-9-14(20-15)13-8-4-5-10-17-13/h1-11H,(H2,18,19,20,21,22). The molecule has 2 heterocycles. The van der Waals surface area contributed by atoms with Crippen molar-refractivity contribution < 1.29 is 4.79 Å². The average Bonchev–Trinajstić information content (AvgIpc) is 2.57. The number of hydrogen-bond acceptors (Lipinski definition) is 4. The fourth-order valence-corrected chi connectivity index (χ4v) is 1.86. The molecule has 108 valence electrons. The summed E-state index contributed by atoms with van der Waals surface area (Å²) >= 11 is 0. The number of benzene rings is 1. The van der Waals surface area contributed by atoms with Gasteiger partial charge in [0.2, 0.25) is 5.95 Å². The van der Waals surface area contributed by atoms with Gasteiger partial charge in [0.15, 0.2) is 0 Å². The lowest BCUT2D eigenvalue weighted by Gasteiger charge is -2.07. The van der Waals surface area contributed by atoms with Gasteiger partial charge >= 0.3 is 6.03 Å². The Morgan fingerprint density at radius 2 is 1.59 bits per heavy atom. The first-order valence-corrected chi connectivity index (χ1v) is 6.69. The van der Waals surface area contributed by atoms with Gasteiger partial charge in [-0.15, -0.1) is 0 Å². The van der Waals surface area contributed by atoms with Gasteiger partial charge in [-0.3, -0.25) is 10.3 Å². The summed E-state index contributed by atoms with van der Waals surface area (Å²) in [4.78, 5) is 24.4. The number of amides is 2. The Morgan fingerprint density at radius 1 is 0.773 bits per heavy atom. The molecule has 0 aliphatic heterocycles. The summed E-state index contributed by atoms with van der Waals surface area (Å²) < 4.78 is 0. The fraction of sp³-hybridized carbons (Fsp3) is 0. The molecule has 22 heavy (non-hydrogen) atoms. The zero-order chi connectivity index (χ0) is 15.2. The minimum absolute atomic E-state index is 0.219. The van der Waals surface area contributed by atoms with Crippen molar-refractivity contribution in [3.05, 3.63) is 67.0 Å². The Balaban J connectivity index is 1.72. The molecule has 0 unspecified atom stereocenters. The van der Waals surface area contributed by atoms with Crippen molar-refractivity contribution in [3.8, 4) is 11.4 Å². The monoisotopic (exact) mass is 291 g/mol. The molecule has 2 aromatic heterocycles. The van der Waals surface area contributed by atoms with E-state index in [-0.39, 0.29) is 5.95 Å². The molecule has 6 nitrogen and oxygen atoms in total. The van der Waals surface area contributed by atoms with Crippen LogP contribution in [0.5, 0.6) is 0 Å². The topological polar surface area (TPSA) is 79.8 Å². The predicted molar refractivity (Wildman–Crippen MR) is 84.3 cm³/mol. The van der Waals surface area contributed by atoms with E-state index in [0.29, 0.717) is 11.4 Å². The van der Waals surface area contributed by atoms with Crippen LogP contribution in [0.2, 0.25) is 0 Å². The Bertz CT molecular complexity index is 762. The highest BCUT2D eigenvalue weighted by atomic mass is 16.2. The summed E-state index contributed by atoms with van der Waals surface area (Å²) in [7, 11) is 0. The van der Waals surface area contributed by atoms with Crippen LogP contribution in [-0.4, -0.2) is 21.0 Å². The Labute approximate surface area is 127 Å². The van der Waals surface area contributed by atoms with Gasteiger partial charge in [0.05, 0.1) is 11.4 Å². The van der Waals surface area contributed by atoms with Crippen LogP contribution < -0.4 is 10.6 Å². The number of carbonyl (C=O) groups is 1. The molecule has 0 saturated carbocycles. The summed E-state index contributed by atoms with van der Waals surface area (Å²) in [6, 6.07) is 16.0. The van der Waals surface area contributed by atoms with E-state index in [1.165, 1.54) is 0 Å². The SMILES string of the molecule is O=C(Nc1ccccc1)Nc1nccc(-c2ccccn2)n1. The van der Waals surface area contributed by atoms with E-state index in [0.717, 1.165) is 5.69 Å². The van der Waals surface area contributed by atoms with Gasteiger partial charge in [-0.05, 0) is 30.3 Å². The van der Waals surface area contributed by atoms with Crippen LogP contribution in [0.1, 0.15) is 0 Å². The van der Waals surface area contributed by atoms with Gasteiger partial charge in [-0.1, -0.05) is 24.3 Å². The highest BCUT2D eigenvalue weighted by molar-refractivity contribution is 5.98. The van der Waals surface area contributed by atoms with E-state index in [1.807, 2.05) is 36.4 Å². The molecule has 0 saturated heterocycles. The van der Waals surface area contributed by atoms with E-state index in [4.69, 9.17) is 0 Å². The van der Waals surface area contributed by atoms with Crippen LogP contribution in [0, 0.1) is 0 Å². The summed E-state index contributed by atoms with van der Waals surface area (Å²) in [5.74, 6) is 0.219. The van der Waals surface area contributed by atoms with Gasteiger partial charge in [0.1, 0.15) is 0 Å². The number of hydrogen-bond donors (Lipinski definition) is 2. The summed E-state index contributed by atoms with van der Waals surface area (Å²) in [6.07, 6.45) is 3.27. The highest BCUT2D eigenvalue weighted by Crippen LogP contribution is 2.14. The quantitative estimate of drug-likeness (QED) is 0.776. The molecule has 1 aromatic carbocycles. The van der Waals surface area contributed by atoms with Crippen molar-refractivity contribution in [3.63, 3.8) is 0 Å². The first-order chi connectivity index (χ1) is 10.8. The Morgan fingerprint density at radius 3 is 2.36 bits per heavy atom. The van der Waals surface area contributed by atoms with E-state index in [2.05, 4.69) is 25.6 Å². The van der Waals surface area contributed by atoms with Gasteiger partial charge in [0, 0.05) is 18.1 Å². The van der Waals surface area contributed by atoms with Crippen molar-refractivity contribution in [1.82, 2.24) is 15.0 Å². The molecule has 6 heteroatoms. The van der Waals surface area contributed by atoms with E-state index < -0.39 is 6.03 Å². The Hall–Kier alpha value is -3.28. The molecular formula is C16H13N5O. The smallest absolute Gasteiger partial charge is 0.308 e. The normalized spacial score (nSPS) is 10.0. The van der Waals surface area contributed by atoms with Gasteiger partial charge in [0.25, 0.3) is 0 Å². The average molecular weight is 291 g/mol. The van der Waals surface area contributed by atoms with Gasteiger partial charge < -0.3 is 5.32 Å². The number of carbonyl (C=O) groups excluding carboxylic acids is 1. The van der Waals surface area contributed by atoms with Crippen molar-refractivity contribution in [2.45, 2.75) is 0 Å². The summed E-state index contributed by atoms with van der Waals surface area (Å²) in [5.41, 5.74) is 2.06. The number of para-hydroxylation sites is 1. The maximum Gasteiger partial charge on any atom is 0.326 e. The predicted octanol–water partition coefficient (Wildman–Crippen LogP) is 3.18. The third kappa shape index (κ3) is 3.43. The second-order valence-electron chi connectivity index (χ2n) is 4.43. The minimum atomic E-state index is -0.399. The number of anilines is 2. The van der Waals surface area contributed by atoms with Crippen LogP contribution >= 0.6 is 0 Å². The third-order valence-electron chi connectivity index (χ3n) is 2.84. The lowest BCUT2D eigenvalue weighted by Crippen LogP contribution is -2.20. The van der Waals surface area contributed by atoms with Crippen LogP contribution in [0.3, 0.4) is 0 Å². The molecular weight excluding hydrogens is 278 g/mol. The fourth-order valence-electron chi connectivity index (χ4n) is 1.86. The van der Waals surface area contributed by atoms with E-state index >= 15 is 0 Å². The van der Waals surface area contributed by atoms with Crippen LogP contribution in [0.4, 0.5) is 16.4 Å². The maximum atomic E-state index is 11.9. The van der Waals surface area contributed by atoms with E-state index in [1.54, 1.807) is 30.6 Å². The summed E-state index contributed by atoms with van der Waals surface area (Å²) in [5, 5.41) is 5.30. The molecule has 0 atom stereocenters. The molecule has 3 aromatic rings. The van der Waals surface area contributed by atoms with Crippen molar-refractivity contribution >= 4 is 17.7 Å². The molecule has 0 spiro atoms. The van der Waals surface area contributed by atoms with Crippen molar-refractivity contribution in [2.75, 3.05) is 10.6 Å². The van der Waals surface area contributed by atoms with Gasteiger partial charge in [-0.25, -0.2) is 14.8 Å². The molecule has 2 amide bonds. The van der Waals surface area contributed by atoms with Crippen molar-refractivity contribution in [1.29, 1.82) is 0 Å². The van der Waals surface area contributed by atoms with Gasteiger partial charge in [-0.2, -0.15) is 0 Å². The van der Waals surface area contributed by atoms with Crippen LogP contribution in [-0.2, 0) is 0 Å². The number of urea groups is 1. The molecule has 2 N–H and O–H groups in total. The van der Waals surface area contributed by atoms with E-state index in [9.17, 15) is 4.79 Å². The zero-order valence-corrected chi connectivity index (χ0v) is 11.6. The molecule has 0 aliphatic rings. The summed E-state index contributed by atoms with van der Waals surface area (Å²) in [6.45, 7) is 0. The Kier molecular flexibility index (Phi) is 4.01. The molecule has 3 rings (SSSR count). The second-order valence-corrected chi connectivity index (χ2v) is 4.43. The molecule has 0 aliphatic carbocycles. The second kappa shape index (κ2) is 6.45. The maximum absolute atomic E-state index is 11.9.